The molecule has 26 heavy (non-hydrogen) atoms. The molecule has 136 valence electrons. The molecule has 0 fully saturated rings. The number of amides is 1. The van der Waals surface area contributed by atoms with Crippen molar-refractivity contribution in [1.82, 2.24) is 14.9 Å². The minimum atomic E-state index is -3.58. The Balaban J connectivity index is 1.44. The molecule has 0 spiro atoms. The Bertz CT molecular complexity index is 986. The van der Waals surface area contributed by atoms with Crippen LogP contribution in [0.3, 0.4) is 0 Å². The van der Waals surface area contributed by atoms with Gasteiger partial charge in [0.15, 0.2) is 6.61 Å². The van der Waals surface area contributed by atoms with E-state index in [1.54, 1.807) is 59.4 Å². The van der Waals surface area contributed by atoms with Crippen molar-refractivity contribution >= 4 is 27.1 Å². The monoisotopic (exact) mass is 374 g/mol. The third-order valence-corrected chi connectivity index (χ3v) is 4.77. The van der Waals surface area contributed by atoms with Crippen molar-refractivity contribution in [3.05, 3.63) is 60.9 Å². The number of aromatic nitrogens is 2. The largest absolute Gasteiger partial charge is 0.484 e. The van der Waals surface area contributed by atoms with Gasteiger partial charge in [-0.05, 0) is 30.3 Å². The van der Waals surface area contributed by atoms with Crippen LogP contribution in [0.2, 0.25) is 0 Å². The molecule has 3 rings (SSSR count). The Morgan fingerprint density at radius 2 is 1.96 bits per heavy atom. The lowest BCUT2D eigenvalue weighted by molar-refractivity contribution is -0.122. The second kappa shape index (κ2) is 7.87. The number of hydrogen-bond donors (Lipinski definition) is 2. The highest BCUT2D eigenvalue weighted by Crippen LogP contribution is 2.13. The molecule has 0 radical (unpaired) electrons. The van der Waals surface area contributed by atoms with E-state index in [0.717, 1.165) is 5.52 Å². The number of fused-ring (bicyclic) bond motifs is 1. The van der Waals surface area contributed by atoms with Crippen LogP contribution in [-0.4, -0.2) is 42.8 Å². The summed E-state index contributed by atoms with van der Waals surface area (Å²) in [5, 5.41) is 6.57. The number of carbonyl (C=O) groups excluding carboxylic acids is 1. The lowest BCUT2D eigenvalue weighted by Gasteiger charge is -2.10. The van der Waals surface area contributed by atoms with E-state index < -0.39 is 10.0 Å². The molecule has 0 aliphatic rings. The summed E-state index contributed by atoms with van der Waals surface area (Å²) in [6.07, 6.45) is 3.29. The number of rotatable bonds is 8. The van der Waals surface area contributed by atoms with E-state index in [0.29, 0.717) is 11.4 Å². The zero-order valence-corrected chi connectivity index (χ0v) is 14.6. The summed E-state index contributed by atoms with van der Waals surface area (Å²) in [7, 11) is -3.58. The lowest BCUT2D eigenvalue weighted by atomic mass is 10.3. The first-order valence-corrected chi connectivity index (χ1v) is 9.55. The third-order valence-electron chi connectivity index (χ3n) is 3.48. The highest BCUT2D eigenvalue weighted by atomic mass is 32.2. The average molecular weight is 374 g/mol. The highest BCUT2D eigenvalue weighted by molar-refractivity contribution is 7.92. The third kappa shape index (κ3) is 4.96. The standard InChI is InChI=1S/C17H18N4O4S/c22-17(13-25-16-4-2-1-3-5-16)18-9-11-26(23,24)20-14-7-10-21-15(12-14)6-8-19-21/h1-8,10,12,20H,9,11,13H2,(H,18,22). The van der Waals surface area contributed by atoms with Gasteiger partial charge in [-0.3, -0.25) is 9.52 Å². The number of sulfonamides is 1. The van der Waals surface area contributed by atoms with E-state index >= 15 is 0 Å². The normalized spacial score (nSPS) is 11.2. The van der Waals surface area contributed by atoms with Crippen LogP contribution < -0.4 is 14.8 Å². The molecule has 0 saturated heterocycles. The summed E-state index contributed by atoms with van der Waals surface area (Å²) >= 11 is 0. The first-order valence-electron chi connectivity index (χ1n) is 7.90. The Morgan fingerprint density at radius 1 is 1.15 bits per heavy atom. The van der Waals surface area contributed by atoms with Crippen molar-refractivity contribution in [3.8, 4) is 5.75 Å². The van der Waals surface area contributed by atoms with Crippen molar-refractivity contribution in [2.24, 2.45) is 0 Å². The zero-order chi connectivity index (χ0) is 18.4. The number of para-hydroxylation sites is 1. The summed E-state index contributed by atoms with van der Waals surface area (Å²) in [6.45, 7) is -0.184. The number of pyridine rings is 1. The second-order valence-corrected chi connectivity index (χ2v) is 7.33. The molecule has 0 saturated carbocycles. The highest BCUT2D eigenvalue weighted by Gasteiger charge is 2.12. The number of hydrogen-bond acceptors (Lipinski definition) is 5. The van der Waals surface area contributed by atoms with Crippen molar-refractivity contribution in [1.29, 1.82) is 0 Å². The van der Waals surface area contributed by atoms with Crippen molar-refractivity contribution in [2.45, 2.75) is 0 Å². The first-order chi connectivity index (χ1) is 12.5. The minimum Gasteiger partial charge on any atom is -0.484 e. The number of benzene rings is 1. The van der Waals surface area contributed by atoms with Crippen LogP contribution in [0.25, 0.3) is 5.52 Å². The Hall–Kier alpha value is -3.07. The maximum atomic E-state index is 12.1. The van der Waals surface area contributed by atoms with Crippen LogP contribution in [0.15, 0.2) is 60.9 Å². The molecular formula is C17H18N4O4S. The van der Waals surface area contributed by atoms with Gasteiger partial charge >= 0.3 is 0 Å². The summed E-state index contributed by atoms with van der Waals surface area (Å²) in [6, 6.07) is 14.0. The van der Waals surface area contributed by atoms with Crippen LogP contribution >= 0.6 is 0 Å². The second-order valence-electron chi connectivity index (χ2n) is 5.49. The Morgan fingerprint density at radius 3 is 2.77 bits per heavy atom. The molecule has 8 nitrogen and oxygen atoms in total. The maximum Gasteiger partial charge on any atom is 0.257 e. The molecular weight excluding hydrogens is 356 g/mol. The SMILES string of the molecule is O=C(COc1ccccc1)NCCS(=O)(=O)Nc1ccn2nccc2c1. The molecule has 2 heterocycles. The Labute approximate surface area is 150 Å². The van der Waals surface area contributed by atoms with E-state index in [1.807, 2.05) is 6.07 Å². The summed E-state index contributed by atoms with van der Waals surface area (Å²) in [4.78, 5) is 11.7. The summed E-state index contributed by atoms with van der Waals surface area (Å²) < 4.78 is 33.6. The fraction of sp³-hybridized carbons (Fsp3) is 0.176. The molecule has 2 N–H and O–H groups in total. The predicted molar refractivity (Wildman–Crippen MR) is 97.5 cm³/mol. The van der Waals surface area contributed by atoms with E-state index in [1.165, 1.54) is 0 Å². The van der Waals surface area contributed by atoms with Crippen LogP contribution in [-0.2, 0) is 14.8 Å². The fourth-order valence-electron chi connectivity index (χ4n) is 2.26. The number of ether oxygens (including phenoxy) is 1. The van der Waals surface area contributed by atoms with Gasteiger partial charge in [0.05, 0.1) is 17.0 Å². The number of nitrogens with one attached hydrogen (secondary N) is 2. The van der Waals surface area contributed by atoms with E-state index in [2.05, 4.69) is 15.1 Å². The molecule has 2 aromatic heterocycles. The number of nitrogens with zero attached hydrogens (tertiary/aromatic N) is 2. The van der Waals surface area contributed by atoms with Crippen LogP contribution in [0.1, 0.15) is 0 Å². The smallest absolute Gasteiger partial charge is 0.257 e. The number of anilines is 1. The maximum absolute atomic E-state index is 12.1. The van der Waals surface area contributed by atoms with E-state index in [-0.39, 0.29) is 24.8 Å². The van der Waals surface area contributed by atoms with Crippen molar-refractivity contribution < 1.29 is 17.9 Å². The van der Waals surface area contributed by atoms with Crippen LogP contribution in [0.4, 0.5) is 5.69 Å². The van der Waals surface area contributed by atoms with Crippen LogP contribution in [0.5, 0.6) is 5.75 Å². The van der Waals surface area contributed by atoms with E-state index in [9.17, 15) is 13.2 Å². The summed E-state index contributed by atoms with van der Waals surface area (Å²) in [5.41, 5.74) is 1.22. The van der Waals surface area contributed by atoms with Gasteiger partial charge in [-0.15, -0.1) is 0 Å². The fourth-order valence-corrected chi connectivity index (χ4v) is 3.22. The van der Waals surface area contributed by atoms with Gasteiger partial charge in [-0.2, -0.15) is 5.10 Å². The predicted octanol–water partition coefficient (Wildman–Crippen LogP) is 1.27. The number of carbonyl (C=O) groups is 1. The molecule has 9 heteroatoms. The van der Waals surface area contributed by atoms with Gasteiger partial charge in [0.25, 0.3) is 5.91 Å². The van der Waals surface area contributed by atoms with Gasteiger partial charge < -0.3 is 10.1 Å². The lowest BCUT2D eigenvalue weighted by Crippen LogP contribution is -2.34. The molecule has 1 aromatic carbocycles. The summed E-state index contributed by atoms with van der Waals surface area (Å²) in [5.74, 6) is -0.0499. The molecule has 0 unspecified atom stereocenters. The van der Waals surface area contributed by atoms with E-state index in [4.69, 9.17) is 4.74 Å². The quantitative estimate of drug-likeness (QED) is 0.618. The molecule has 1 amide bonds. The van der Waals surface area contributed by atoms with Gasteiger partial charge in [-0.25, -0.2) is 12.9 Å². The minimum absolute atomic E-state index is 0.0127. The Kier molecular flexibility index (Phi) is 5.37. The molecule has 0 aliphatic heterocycles. The zero-order valence-electron chi connectivity index (χ0n) is 13.8. The van der Waals surface area contributed by atoms with Crippen LogP contribution in [0, 0.1) is 0 Å². The van der Waals surface area contributed by atoms with Gasteiger partial charge in [0.1, 0.15) is 5.75 Å². The van der Waals surface area contributed by atoms with Gasteiger partial charge in [0, 0.05) is 18.9 Å². The topological polar surface area (TPSA) is 102 Å². The molecule has 0 aliphatic carbocycles. The molecule has 0 bridgehead atoms. The van der Waals surface area contributed by atoms with Gasteiger partial charge in [0.2, 0.25) is 10.0 Å². The van der Waals surface area contributed by atoms with Gasteiger partial charge in [-0.1, -0.05) is 18.2 Å². The molecule has 0 atom stereocenters. The molecule has 3 aromatic rings. The van der Waals surface area contributed by atoms with Crippen molar-refractivity contribution in [3.63, 3.8) is 0 Å². The average Bonchev–Trinajstić information content (AvgIpc) is 3.08. The first kappa shape index (κ1) is 17.7. The van der Waals surface area contributed by atoms with Crippen molar-refractivity contribution in [2.75, 3.05) is 23.6 Å².